The topological polar surface area (TPSA) is 90.1 Å². The maximum absolute atomic E-state index is 13.6. The summed E-state index contributed by atoms with van der Waals surface area (Å²) < 4.78 is 46.1. The number of carbonyl (C=O) groups is 1. The van der Waals surface area contributed by atoms with E-state index in [1.807, 2.05) is 6.92 Å². The molecule has 1 aromatic heterocycles. The summed E-state index contributed by atoms with van der Waals surface area (Å²) >= 11 is 0. The van der Waals surface area contributed by atoms with Crippen LogP contribution in [0.4, 0.5) is 24.7 Å². The van der Waals surface area contributed by atoms with E-state index < -0.39 is 17.8 Å². The van der Waals surface area contributed by atoms with E-state index in [9.17, 15) is 18.0 Å². The zero-order chi connectivity index (χ0) is 28.5. The predicted molar refractivity (Wildman–Crippen MR) is 148 cm³/mol. The monoisotopic (exact) mass is 540 g/mol. The Labute approximate surface area is 226 Å². The van der Waals surface area contributed by atoms with Gasteiger partial charge in [0.2, 0.25) is 0 Å². The van der Waals surface area contributed by atoms with Gasteiger partial charge in [-0.05, 0) is 105 Å². The molecule has 9 heteroatoms. The van der Waals surface area contributed by atoms with Gasteiger partial charge in [-0.3, -0.25) is 4.79 Å². The maximum atomic E-state index is 13.6. The molecule has 2 aromatic carbocycles. The molecule has 3 aromatic rings. The number of fused-ring (bicyclic) bond motifs is 1. The van der Waals surface area contributed by atoms with Crippen molar-refractivity contribution in [3.8, 4) is 0 Å². The van der Waals surface area contributed by atoms with Crippen molar-refractivity contribution in [3.05, 3.63) is 64.0 Å². The summed E-state index contributed by atoms with van der Waals surface area (Å²) in [4.78, 5) is 21.5. The molecule has 0 spiro atoms. The van der Waals surface area contributed by atoms with Crippen molar-refractivity contribution in [2.24, 2.45) is 5.92 Å². The van der Waals surface area contributed by atoms with E-state index >= 15 is 0 Å². The number of nitrogens with one attached hydrogen (secondary N) is 1. The fraction of sp³-hybridized carbons (Fsp3) is 0.433. The molecule has 1 heterocycles. The van der Waals surface area contributed by atoms with Gasteiger partial charge in [-0.25, -0.2) is 9.97 Å². The molecule has 6 nitrogen and oxygen atoms in total. The number of benzene rings is 2. The van der Waals surface area contributed by atoms with Gasteiger partial charge in [0.25, 0.3) is 0 Å². The van der Waals surface area contributed by atoms with E-state index in [1.54, 1.807) is 19.9 Å². The van der Waals surface area contributed by atoms with Crippen LogP contribution in [0.15, 0.2) is 30.3 Å². The average molecular weight is 541 g/mol. The minimum Gasteiger partial charge on any atom is -0.466 e. The van der Waals surface area contributed by atoms with Crippen LogP contribution in [0.3, 0.4) is 0 Å². The van der Waals surface area contributed by atoms with Crippen LogP contribution in [-0.2, 0) is 22.1 Å². The number of aryl methyl sites for hydroxylation is 2. The molecule has 1 unspecified atom stereocenters. The Balaban J connectivity index is 1.74. The third-order valence-electron chi connectivity index (χ3n) is 7.39. The number of nitrogens with two attached hydrogens (primary N) is 1. The van der Waals surface area contributed by atoms with Crippen LogP contribution in [-0.4, -0.2) is 22.5 Å². The van der Waals surface area contributed by atoms with Crippen molar-refractivity contribution in [3.63, 3.8) is 0 Å². The van der Waals surface area contributed by atoms with Crippen molar-refractivity contribution in [1.29, 1.82) is 0 Å². The summed E-state index contributed by atoms with van der Waals surface area (Å²) in [6.07, 6.45) is 0.501. The summed E-state index contributed by atoms with van der Waals surface area (Å²) in [7, 11) is 0. The van der Waals surface area contributed by atoms with Gasteiger partial charge in [0.05, 0.1) is 29.6 Å². The molecule has 1 aliphatic rings. The van der Waals surface area contributed by atoms with E-state index in [4.69, 9.17) is 10.5 Å². The van der Waals surface area contributed by atoms with E-state index in [1.165, 1.54) is 6.92 Å². The smallest absolute Gasteiger partial charge is 0.416 e. The highest BCUT2D eigenvalue weighted by atomic mass is 19.4. The zero-order valence-electron chi connectivity index (χ0n) is 23.0. The first-order chi connectivity index (χ1) is 18.4. The molecule has 0 fully saturated rings. The number of anilines is 2. The Morgan fingerprint density at radius 1 is 1.18 bits per heavy atom. The predicted octanol–water partition coefficient (Wildman–Crippen LogP) is 7.33. The fourth-order valence-corrected chi connectivity index (χ4v) is 5.38. The second-order valence-corrected chi connectivity index (χ2v) is 10.1. The van der Waals surface area contributed by atoms with Crippen LogP contribution in [0.5, 0.6) is 0 Å². The molecule has 0 aliphatic heterocycles. The van der Waals surface area contributed by atoms with Gasteiger partial charge < -0.3 is 15.8 Å². The number of ether oxygens (including phenoxy) is 1. The summed E-state index contributed by atoms with van der Waals surface area (Å²) in [5, 5.41) is 4.12. The fourth-order valence-electron chi connectivity index (χ4n) is 5.38. The molecule has 0 amide bonds. The zero-order valence-corrected chi connectivity index (χ0v) is 23.0. The molecule has 0 saturated carbocycles. The van der Waals surface area contributed by atoms with Crippen molar-refractivity contribution in [2.75, 3.05) is 17.7 Å². The summed E-state index contributed by atoms with van der Waals surface area (Å²) in [5.74, 6) is 0.815. The molecule has 3 N–H and O–H groups in total. The van der Waals surface area contributed by atoms with Crippen LogP contribution in [0.1, 0.15) is 79.7 Å². The van der Waals surface area contributed by atoms with Crippen LogP contribution >= 0.6 is 0 Å². The van der Waals surface area contributed by atoms with Gasteiger partial charge in [0.15, 0.2) is 0 Å². The first-order valence-corrected chi connectivity index (χ1v) is 13.3. The first-order valence-electron chi connectivity index (χ1n) is 13.3. The molecular weight excluding hydrogens is 505 g/mol. The molecular formula is C30H35F3N4O2. The Morgan fingerprint density at radius 2 is 1.92 bits per heavy atom. The van der Waals surface area contributed by atoms with Crippen molar-refractivity contribution < 1.29 is 22.7 Å². The lowest BCUT2D eigenvalue weighted by Crippen LogP contribution is -2.19. The average Bonchev–Trinajstić information content (AvgIpc) is 2.88. The summed E-state index contributed by atoms with van der Waals surface area (Å²) in [6.45, 7) is 9.32. The molecule has 1 aliphatic carbocycles. The lowest BCUT2D eigenvalue weighted by molar-refractivity contribution is -0.148. The van der Waals surface area contributed by atoms with Crippen molar-refractivity contribution >= 4 is 34.0 Å². The third kappa shape index (κ3) is 6.02. The number of carbonyl (C=O) groups excluding carboxylic acids is 1. The summed E-state index contributed by atoms with van der Waals surface area (Å²) in [6, 6.07) is 6.17. The number of aromatic nitrogens is 2. The lowest BCUT2D eigenvalue weighted by Gasteiger charge is -2.24. The Bertz CT molecular complexity index is 1430. The molecule has 208 valence electrons. The van der Waals surface area contributed by atoms with Crippen LogP contribution < -0.4 is 11.1 Å². The van der Waals surface area contributed by atoms with Gasteiger partial charge in [-0.2, -0.15) is 13.2 Å². The number of hydrogen-bond donors (Lipinski definition) is 2. The molecule has 39 heavy (non-hydrogen) atoms. The number of halogens is 3. The third-order valence-corrected chi connectivity index (χ3v) is 7.39. The van der Waals surface area contributed by atoms with Gasteiger partial charge in [0.1, 0.15) is 11.6 Å². The number of rotatable bonds is 7. The molecule has 0 bridgehead atoms. The van der Waals surface area contributed by atoms with E-state index in [0.717, 1.165) is 46.5 Å². The molecule has 4 rings (SSSR count). The van der Waals surface area contributed by atoms with Gasteiger partial charge in [-0.1, -0.05) is 13.0 Å². The second-order valence-electron chi connectivity index (χ2n) is 10.1. The van der Waals surface area contributed by atoms with Crippen LogP contribution in [0, 0.1) is 19.8 Å². The molecule has 0 radical (unpaired) electrons. The van der Waals surface area contributed by atoms with Gasteiger partial charge in [0, 0.05) is 11.1 Å². The highest BCUT2D eigenvalue weighted by Crippen LogP contribution is 2.39. The normalized spacial score (nSPS) is 16.6. The number of allylic oxidation sites excluding steroid dienone is 2. The lowest BCUT2D eigenvalue weighted by atomic mass is 9.84. The van der Waals surface area contributed by atoms with Crippen LogP contribution in [0.2, 0.25) is 0 Å². The van der Waals surface area contributed by atoms with Gasteiger partial charge in [-0.15, -0.1) is 0 Å². The summed E-state index contributed by atoms with van der Waals surface area (Å²) in [5.41, 5.74) is 9.91. The minimum atomic E-state index is -4.50. The Hall–Kier alpha value is -3.62. The van der Waals surface area contributed by atoms with Crippen molar-refractivity contribution in [2.45, 2.75) is 72.5 Å². The van der Waals surface area contributed by atoms with Crippen molar-refractivity contribution in [1.82, 2.24) is 9.97 Å². The number of alkyl halides is 3. The molecule has 0 saturated heterocycles. The SMILES string of the molecule is CCOC(=O)C1CC=C(c2cc3c(N[C@H](C)c4cc(N)cc(C(F)(F)F)c4C)nc(C)nc3cc2CC)CC1. The number of nitrogens with zero attached hydrogens (tertiary/aromatic N) is 2. The van der Waals surface area contributed by atoms with Gasteiger partial charge >= 0.3 is 12.1 Å². The number of esters is 1. The Morgan fingerprint density at radius 3 is 2.54 bits per heavy atom. The quantitative estimate of drug-likeness (QED) is 0.241. The first kappa shape index (κ1) is 28.4. The standard InChI is InChI=1S/C30H35F3N4O2/c1-6-19-12-27-25(15-24(19)20-8-10-21(11-9-20)29(38)39-7-2)28(37-18(5)36-27)35-17(4)23-13-22(34)14-26(16(23)3)30(31,32)33/h8,12-15,17,21H,6-7,9-11,34H2,1-5H3,(H,35,36,37)/t17-,21?/m1/s1. The molecule has 2 atom stereocenters. The second kappa shape index (κ2) is 11.2. The highest BCUT2D eigenvalue weighted by Gasteiger charge is 2.34. The number of hydrogen-bond acceptors (Lipinski definition) is 6. The number of nitrogen functional groups attached to an aromatic ring is 1. The van der Waals surface area contributed by atoms with E-state index in [2.05, 4.69) is 40.4 Å². The Kier molecular flexibility index (Phi) is 8.18. The minimum absolute atomic E-state index is 0.0560. The highest BCUT2D eigenvalue weighted by molar-refractivity contribution is 5.93. The van der Waals surface area contributed by atoms with E-state index in [-0.39, 0.29) is 23.1 Å². The van der Waals surface area contributed by atoms with Crippen LogP contribution in [0.25, 0.3) is 16.5 Å². The largest absolute Gasteiger partial charge is 0.466 e. The maximum Gasteiger partial charge on any atom is 0.416 e. The van der Waals surface area contributed by atoms with E-state index in [0.29, 0.717) is 36.7 Å².